The molecule has 0 spiro atoms. The van der Waals surface area contributed by atoms with E-state index < -0.39 is 0 Å². The van der Waals surface area contributed by atoms with Crippen LogP contribution in [0.4, 0.5) is 0 Å². The third kappa shape index (κ3) is 9.67. The van der Waals surface area contributed by atoms with Crippen molar-refractivity contribution >= 4 is 0 Å². The lowest BCUT2D eigenvalue weighted by Gasteiger charge is -2.41. The molecule has 0 rings (SSSR count). The Balaban J connectivity index is 0. The minimum Gasteiger partial charge on any atom is -0.296 e. The van der Waals surface area contributed by atoms with Crippen LogP contribution in [0.1, 0.15) is 101 Å². The van der Waals surface area contributed by atoms with Gasteiger partial charge in [-0.2, -0.15) is 5.26 Å². The molecule has 0 saturated heterocycles. The molecular weight excluding hydrogens is 292 g/mol. The van der Waals surface area contributed by atoms with Crippen LogP contribution in [-0.2, 0) is 0 Å². The second-order valence-corrected chi connectivity index (χ2v) is 8.29. The molecule has 2 atom stereocenters. The molecule has 0 saturated carbocycles. The van der Waals surface area contributed by atoms with Gasteiger partial charge in [-0.3, -0.25) is 4.90 Å². The van der Waals surface area contributed by atoms with Crippen LogP contribution in [-0.4, -0.2) is 23.0 Å². The van der Waals surface area contributed by atoms with Gasteiger partial charge < -0.3 is 0 Å². The summed E-state index contributed by atoms with van der Waals surface area (Å²) in [5, 5.41) is 8.92. The van der Waals surface area contributed by atoms with E-state index in [1.54, 1.807) is 0 Å². The van der Waals surface area contributed by atoms with E-state index in [0.29, 0.717) is 23.4 Å². The third-order valence-electron chi connectivity index (χ3n) is 5.33. The van der Waals surface area contributed by atoms with Crippen molar-refractivity contribution in [3.63, 3.8) is 0 Å². The summed E-state index contributed by atoms with van der Waals surface area (Å²) in [6.07, 6.45) is 5.87. The second-order valence-electron chi connectivity index (χ2n) is 8.29. The second kappa shape index (κ2) is 13.7. The van der Waals surface area contributed by atoms with Gasteiger partial charge in [0, 0.05) is 17.5 Å². The smallest absolute Gasteiger partial charge is 0.0658 e. The number of nitrogens with zero attached hydrogens (tertiary/aromatic N) is 2. The molecule has 0 aliphatic rings. The van der Waals surface area contributed by atoms with Gasteiger partial charge in [-0.25, -0.2) is 0 Å². The number of hydrogen-bond donors (Lipinski definition) is 0. The largest absolute Gasteiger partial charge is 0.296 e. The van der Waals surface area contributed by atoms with Gasteiger partial charge in [0.2, 0.25) is 0 Å². The molecule has 0 aromatic heterocycles. The van der Waals surface area contributed by atoms with E-state index in [2.05, 4.69) is 80.2 Å². The highest BCUT2D eigenvalue weighted by Crippen LogP contribution is 2.27. The van der Waals surface area contributed by atoms with Crippen LogP contribution in [0.25, 0.3) is 0 Å². The van der Waals surface area contributed by atoms with Gasteiger partial charge in [-0.05, 0) is 71.8 Å². The van der Waals surface area contributed by atoms with Crippen LogP contribution in [0.15, 0.2) is 0 Å². The van der Waals surface area contributed by atoms with Crippen LogP contribution in [0, 0.1) is 29.1 Å². The normalized spacial score (nSPS) is 14.3. The van der Waals surface area contributed by atoms with Crippen molar-refractivity contribution in [2.45, 2.75) is 113 Å². The molecule has 0 heterocycles. The van der Waals surface area contributed by atoms with Crippen molar-refractivity contribution in [2.75, 3.05) is 6.54 Å². The van der Waals surface area contributed by atoms with Gasteiger partial charge in [-0.1, -0.05) is 48.0 Å². The van der Waals surface area contributed by atoms with Crippen molar-refractivity contribution in [3.05, 3.63) is 0 Å². The average Bonchev–Trinajstić information content (AvgIpc) is 2.52. The highest BCUT2D eigenvalue weighted by molar-refractivity contribution is 4.88. The topological polar surface area (TPSA) is 27.0 Å². The van der Waals surface area contributed by atoms with E-state index >= 15 is 0 Å². The molecule has 0 aromatic carbocycles. The van der Waals surface area contributed by atoms with Crippen molar-refractivity contribution in [1.29, 1.82) is 5.26 Å². The fraction of sp³-hybridized carbons (Fsp3) is 0.955. The lowest BCUT2D eigenvalue weighted by Crippen LogP contribution is -2.47. The van der Waals surface area contributed by atoms with E-state index in [4.69, 9.17) is 5.26 Å². The summed E-state index contributed by atoms with van der Waals surface area (Å²) >= 11 is 0. The molecule has 0 aromatic rings. The summed E-state index contributed by atoms with van der Waals surface area (Å²) in [5.41, 5.74) is 0.365. The van der Waals surface area contributed by atoms with Crippen LogP contribution >= 0.6 is 0 Å². The van der Waals surface area contributed by atoms with E-state index in [0.717, 1.165) is 6.42 Å². The Hall–Kier alpha value is -0.550. The molecule has 0 fully saturated rings. The van der Waals surface area contributed by atoms with E-state index in [1.807, 2.05) is 0 Å². The Morgan fingerprint density at radius 1 is 0.958 bits per heavy atom. The fourth-order valence-corrected chi connectivity index (χ4v) is 3.53. The lowest BCUT2D eigenvalue weighted by atomic mass is 9.80. The minimum absolute atomic E-state index is 0.268. The van der Waals surface area contributed by atoms with Crippen molar-refractivity contribution in [3.8, 4) is 6.07 Å². The Morgan fingerprint density at radius 3 is 1.75 bits per heavy atom. The zero-order valence-electron chi connectivity index (χ0n) is 18.4. The fourth-order valence-electron chi connectivity index (χ4n) is 3.53. The maximum Gasteiger partial charge on any atom is 0.0658 e. The maximum atomic E-state index is 8.92. The van der Waals surface area contributed by atoms with E-state index in [-0.39, 0.29) is 5.92 Å². The van der Waals surface area contributed by atoms with Crippen molar-refractivity contribution in [2.24, 2.45) is 17.8 Å². The van der Waals surface area contributed by atoms with E-state index in [1.165, 1.54) is 32.2 Å². The monoisotopic (exact) mass is 338 g/mol. The minimum atomic E-state index is 0.268. The summed E-state index contributed by atoms with van der Waals surface area (Å²) in [6, 6.07) is 3.08. The first-order chi connectivity index (χ1) is 11.1. The van der Waals surface area contributed by atoms with Crippen LogP contribution in [0.2, 0.25) is 0 Å². The molecule has 2 heteroatoms. The van der Waals surface area contributed by atoms with Crippen LogP contribution in [0.3, 0.4) is 0 Å². The molecule has 0 radical (unpaired) electrons. The van der Waals surface area contributed by atoms with Gasteiger partial charge in [-0.15, -0.1) is 0 Å². The van der Waals surface area contributed by atoms with E-state index in [9.17, 15) is 0 Å². The molecule has 2 unspecified atom stereocenters. The maximum absolute atomic E-state index is 8.92. The summed E-state index contributed by atoms with van der Waals surface area (Å²) in [5.74, 6) is 1.52. The summed E-state index contributed by atoms with van der Waals surface area (Å²) < 4.78 is 0. The van der Waals surface area contributed by atoms with Crippen LogP contribution < -0.4 is 0 Å². The number of hydrogen-bond acceptors (Lipinski definition) is 2. The van der Waals surface area contributed by atoms with Gasteiger partial charge >= 0.3 is 0 Å². The SMILES string of the molecule is CCCC(C(C)C)C(C#N)CC.CCCN(C(C)C)C(C)(C)CC. The van der Waals surface area contributed by atoms with Gasteiger partial charge in [0.05, 0.1) is 6.07 Å². The molecule has 0 N–H and O–H groups in total. The molecule has 24 heavy (non-hydrogen) atoms. The molecule has 2 nitrogen and oxygen atoms in total. The Kier molecular flexibility index (Phi) is 14.7. The van der Waals surface area contributed by atoms with Gasteiger partial charge in [0.25, 0.3) is 0 Å². The zero-order chi connectivity index (χ0) is 19.3. The molecular formula is C22H46N2. The molecule has 0 amide bonds. The average molecular weight is 339 g/mol. The number of rotatable bonds is 10. The predicted octanol–water partition coefficient (Wildman–Crippen LogP) is 6.90. The van der Waals surface area contributed by atoms with Gasteiger partial charge in [0.15, 0.2) is 0 Å². The molecule has 0 bridgehead atoms. The Labute approximate surface area is 154 Å². The predicted molar refractivity (Wildman–Crippen MR) is 109 cm³/mol. The first-order valence-corrected chi connectivity index (χ1v) is 10.3. The third-order valence-corrected chi connectivity index (χ3v) is 5.33. The molecule has 0 aliphatic heterocycles. The standard InChI is InChI=1S/C11H25N.C11H21N/c1-7-9-12(10(3)4)11(5,6)8-2;1-5-7-11(9(3)4)10(6-2)8-12/h10H,7-9H2,1-6H3;9-11H,5-7H2,1-4H3. The van der Waals surface area contributed by atoms with Crippen molar-refractivity contribution < 1.29 is 0 Å². The number of nitriles is 1. The molecule has 144 valence electrons. The van der Waals surface area contributed by atoms with Crippen molar-refractivity contribution in [1.82, 2.24) is 4.90 Å². The Bertz CT molecular complexity index is 325. The zero-order valence-corrected chi connectivity index (χ0v) is 18.4. The lowest BCUT2D eigenvalue weighted by molar-refractivity contribution is 0.0809. The first kappa shape index (κ1) is 25.7. The summed E-state index contributed by atoms with van der Waals surface area (Å²) in [4.78, 5) is 2.59. The quantitative estimate of drug-likeness (QED) is 0.433. The first-order valence-electron chi connectivity index (χ1n) is 10.3. The van der Waals surface area contributed by atoms with Crippen LogP contribution in [0.5, 0.6) is 0 Å². The molecule has 0 aliphatic carbocycles. The highest BCUT2D eigenvalue weighted by atomic mass is 15.2. The summed E-state index contributed by atoms with van der Waals surface area (Å²) in [7, 11) is 0. The summed E-state index contributed by atoms with van der Waals surface area (Å²) in [6.45, 7) is 23.7. The highest BCUT2D eigenvalue weighted by Gasteiger charge is 2.25. The Morgan fingerprint density at radius 2 is 1.50 bits per heavy atom. The van der Waals surface area contributed by atoms with Gasteiger partial charge in [0.1, 0.15) is 0 Å².